The van der Waals surface area contributed by atoms with E-state index in [2.05, 4.69) is 27.3 Å². The van der Waals surface area contributed by atoms with Gasteiger partial charge in [-0.3, -0.25) is 14.7 Å². The zero-order valence-corrected chi connectivity index (χ0v) is 19.6. The Balaban J connectivity index is 0.00000324. The second-order valence-corrected chi connectivity index (χ2v) is 8.01. The summed E-state index contributed by atoms with van der Waals surface area (Å²) >= 11 is 0. The third kappa shape index (κ3) is 6.40. The maximum Gasteiger partial charge on any atom is 0.325 e. The summed E-state index contributed by atoms with van der Waals surface area (Å²) < 4.78 is 0. The molecule has 7 heteroatoms. The van der Waals surface area contributed by atoms with Gasteiger partial charge in [-0.1, -0.05) is 84.9 Å². The minimum atomic E-state index is -1.02. The van der Waals surface area contributed by atoms with Gasteiger partial charge in [0.05, 0.1) is 17.7 Å². The predicted octanol–water partition coefficient (Wildman–Crippen LogP) is 4.80. The Hall–Kier alpha value is -3.28. The monoisotopic (exact) mass is 498 g/mol. The molecule has 178 valence electrons. The van der Waals surface area contributed by atoms with Crippen LogP contribution in [-0.2, 0) is 32.6 Å². The Morgan fingerprint density at radius 1 is 0.941 bits per heavy atom. The van der Waals surface area contributed by atoms with Crippen molar-refractivity contribution in [1.29, 1.82) is 0 Å². The van der Waals surface area contributed by atoms with E-state index in [0.29, 0.717) is 23.5 Å². The fourth-order valence-corrected chi connectivity index (χ4v) is 4.15. The summed E-state index contributed by atoms with van der Waals surface area (Å²) in [7, 11) is 0. The summed E-state index contributed by atoms with van der Waals surface area (Å²) in [4.78, 5) is 31.0. The number of nitrogens with zero attached hydrogens (tertiary/aromatic N) is 3. The summed E-state index contributed by atoms with van der Waals surface area (Å²) in [6.45, 7) is 1.21. The smallest absolute Gasteiger partial charge is 0.325 e. The molecule has 1 fully saturated rings. The van der Waals surface area contributed by atoms with Gasteiger partial charge in [0.25, 0.3) is 0 Å². The molecule has 0 saturated carbocycles. The van der Waals surface area contributed by atoms with Gasteiger partial charge in [-0.25, -0.2) is 0 Å². The molecule has 3 aromatic carbocycles. The van der Waals surface area contributed by atoms with E-state index in [-0.39, 0.29) is 35.0 Å². The van der Waals surface area contributed by atoms with E-state index in [4.69, 9.17) is 0 Å². The second-order valence-electron chi connectivity index (χ2n) is 8.01. The first-order valence-electron chi connectivity index (χ1n) is 11.1. The van der Waals surface area contributed by atoms with E-state index >= 15 is 0 Å². The molecule has 1 aliphatic heterocycles. The van der Waals surface area contributed by atoms with E-state index in [1.165, 1.54) is 5.56 Å². The number of hydrogen-bond donors (Lipinski definition) is 1. The van der Waals surface area contributed by atoms with Crippen LogP contribution >= 0.6 is 0 Å². The summed E-state index contributed by atoms with van der Waals surface area (Å²) in [5.41, 5.74) is 3.61. The fourth-order valence-electron chi connectivity index (χ4n) is 4.15. The molecule has 0 bridgehead atoms. The molecule has 1 atom stereocenters. The first kappa shape index (κ1) is 25.3. The molecular weight excluding hydrogens is 473 g/mol. The van der Waals surface area contributed by atoms with E-state index in [0.717, 1.165) is 24.9 Å². The van der Waals surface area contributed by atoms with Gasteiger partial charge in [-0.05, 0) is 30.5 Å². The van der Waals surface area contributed by atoms with Crippen LogP contribution in [0.15, 0.2) is 89.9 Å². The average Bonchev–Trinajstić information content (AvgIpc) is 3.29. The van der Waals surface area contributed by atoms with Crippen LogP contribution in [0.5, 0.6) is 0 Å². The molecule has 1 N–H and O–H groups in total. The molecule has 1 heterocycles. The Morgan fingerprint density at radius 3 is 2.29 bits per heavy atom. The van der Waals surface area contributed by atoms with Gasteiger partial charge in [0, 0.05) is 28.6 Å². The minimum Gasteiger partial charge on any atom is -0.625 e. The number of carbonyl (C=O) groups is 2. The molecule has 1 aliphatic rings. The molecule has 6 nitrogen and oxygen atoms in total. The van der Waals surface area contributed by atoms with E-state index in [1.54, 1.807) is 6.07 Å². The van der Waals surface area contributed by atoms with Crippen molar-refractivity contribution < 1.29 is 31.2 Å². The number of para-hydroxylation sites is 1. The van der Waals surface area contributed by atoms with Crippen LogP contribution in [0, 0.1) is 0 Å². The first-order valence-corrected chi connectivity index (χ1v) is 11.1. The van der Waals surface area contributed by atoms with E-state index in [1.807, 2.05) is 66.7 Å². The van der Waals surface area contributed by atoms with Crippen LogP contribution in [0.1, 0.15) is 29.5 Å². The van der Waals surface area contributed by atoms with Crippen LogP contribution < -0.4 is 0 Å². The van der Waals surface area contributed by atoms with Crippen LogP contribution in [0.3, 0.4) is 0 Å². The largest absolute Gasteiger partial charge is 0.625 e. The topological polar surface area (TPSA) is 84.1 Å². The number of rotatable bonds is 8. The molecule has 0 aliphatic carbocycles. The number of benzene rings is 3. The van der Waals surface area contributed by atoms with Crippen molar-refractivity contribution in [2.75, 3.05) is 13.1 Å². The van der Waals surface area contributed by atoms with Gasteiger partial charge in [-0.2, -0.15) is 0 Å². The zero-order valence-electron chi connectivity index (χ0n) is 18.6. The van der Waals surface area contributed by atoms with Gasteiger partial charge >= 0.3 is 5.97 Å². The Kier molecular flexibility index (Phi) is 9.14. The molecule has 1 amide bonds. The molecule has 0 radical (unpaired) electrons. The van der Waals surface area contributed by atoms with Gasteiger partial charge in [0.2, 0.25) is 0 Å². The van der Waals surface area contributed by atoms with Crippen molar-refractivity contribution in [3.8, 4) is 0 Å². The number of aliphatic imine (C=N–C) groups is 1. The normalized spacial score (nSPS) is 16.0. The zero-order chi connectivity index (χ0) is 23.0. The van der Waals surface area contributed by atoms with Crippen LogP contribution in [0.4, 0.5) is 5.69 Å². The number of carboxylic acid groups (broad SMARTS) is 1. The van der Waals surface area contributed by atoms with E-state index in [9.17, 15) is 14.7 Å². The maximum absolute atomic E-state index is 13.3. The van der Waals surface area contributed by atoms with Gasteiger partial charge in [-0.15, -0.1) is 5.69 Å². The number of likely N-dealkylation sites (tertiary alicyclic amines) is 1. The van der Waals surface area contributed by atoms with Gasteiger partial charge < -0.3 is 15.2 Å². The third-order valence-corrected chi connectivity index (χ3v) is 5.69. The van der Waals surface area contributed by atoms with Crippen LogP contribution in [0.25, 0.3) is 5.32 Å². The number of aliphatic carboxylic acids is 1. The van der Waals surface area contributed by atoms with Crippen LogP contribution in [-0.4, -0.2) is 46.7 Å². The molecule has 0 unspecified atom stereocenters. The first-order chi connectivity index (χ1) is 16.1. The molecule has 4 rings (SSSR count). The quantitative estimate of drug-likeness (QED) is 0.357. The summed E-state index contributed by atoms with van der Waals surface area (Å²) in [5.74, 6) is -1.20. The van der Waals surface area contributed by atoms with Crippen molar-refractivity contribution >= 4 is 23.3 Å². The van der Waals surface area contributed by atoms with Crippen LogP contribution in [0.2, 0.25) is 0 Å². The molecular formula is C27H26N3NiO3-. The average molecular weight is 499 g/mol. The Labute approximate surface area is 209 Å². The summed E-state index contributed by atoms with van der Waals surface area (Å²) in [6.07, 6.45) is 1.73. The molecule has 3 aromatic rings. The number of carbonyl (C=O) groups excluding carboxylic acids is 1. The van der Waals surface area contributed by atoms with E-state index < -0.39 is 5.97 Å². The molecule has 0 spiro atoms. The van der Waals surface area contributed by atoms with Crippen molar-refractivity contribution in [3.63, 3.8) is 0 Å². The van der Waals surface area contributed by atoms with Crippen molar-refractivity contribution in [2.24, 2.45) is 4.99 Å². The van der Waals surface area contributed by atoms with Crippen molar-refractivity contribution in [1.82, 2.24) is 4.90 Å². The van der Waals surface area contributed by atoms with Gasteiger partial charge in [0.1, 0.15) is 6.54 Å². The predicted molar refractivity (Wildman–Crippen MR) is 129 cm³/mol. The standard InChI is InChI=1S/C27H27N3O3.Ni/c31-25(32)18-28-26(21-12-5-2-6-13-21)22-14-7-8-15-23(22)29-27(33)24-16-9-17-30(24)19-20-10-3-1-4-11-20;/h1-8,10-15,24H,9,16-19H2,(H2,28,29,31,32,33);/p-1/t24-;/m1./s1. The van der Waals surface area contributed by atoms with Gasteiger partial charge in [0.15, 0.2) is 0 Å². The Bertz CT molecular complexity index is 1140. The summed E-state index contributed by atoms with van der Waals surface area (Å²) in [5, 5.41) is 13.7. The molecule has 0 aromatic heterocycles. The fraction of sp³-hybridized carbons (Fsp3) is 0.222. The number of amides is 1. The maximum atomic E-state index is 13.3. The third-order valence-electron chi connectivity index (χ3n) is 5.69. The SMILES string of the molecule is O=C(O)CN=C(c1ccccc1)c1ccccc1[N-]C(=O)[C@H]1CCCN1Cc1ccccc1.[Ni]. The minimum absolute atomic E-state index is 0. The number of carboxylic acids is 1. The second kappa shape index (κ2) is 12.3. The molecule has 1 saturated heterocycles. The Morgan fingerprint density at radius 2 is 1.59 bits per heavy atom. The molecule has 34 heavy (non-hydrogen) atoms. The van der Waals surface area contributed by atoms with Crippen molar-refractivity contribution in [3.05, 3.63) is 107 Å². The summed E-state index contributed by atoms with van der Waals surface area (Å²) in [6, 6.07) is 26.5. The number of hydrogen-bond acceptors (Lipinski definition) is 4. The van der Waals surface area contributed by atoms with Crippen molar-refractivity contribution in [2.45, 2.75) is 25.4 Å².